The van der Waals surface area contributed by atoms with Crippen molar-refractivity contribution in [1.29, 1.82) is 0 Å². The molecule has 0 aliphatic heterocycles. The Morgan fingerprint density at radius 3 is 2.50 bits per heavy atom. The van der Waals surface area contributed by atoms with Crippen LogP contribution in [0.5, 0.6) is 0 Å². The van der Waals surface area contributed by atoms with Crippen molar-refractivity contribution in [3.8, 4) is 0 Å². The van der Waals surface area contributed by atoms with Gasteiger partial charge in [-0.2, -0.15) is 11.8 Å². The highest BCUT2D eigenvalue weighted by molar-refractivity contribution is 7.98. The van der Waals surface area contributed by atoms with E-state index in [9.17, 15) is 9.59 Å². The van der Waals surface area contributed by atoms with Crippen LogP contribution < -0.4 is 10.6 Å². The Morgan fingerprint density at radius 2 is 1.81 bits per heavy atom. The molecule has 2 aromatic rings. The topological polar surface area (TPSA) is 58.2 Å². The third kappa shape index (κ3) is 5.78. The molecule has 138 valence electrons. The van der Waals surface area contributed by atoms with Gasteiger partial charge in [0.05, 0.1) is 10.6 Å². The maximum atomic E-state index is 12.6. The Bertz CT molecular complexity index is 767. The molecule has 0 saturated heterocycles. The Morgan fingerprint density at radius 1 is 1.12 bits per heavy atom. The molecule has 26 heavy (non-hydrogen) atoms. The van der Waals surface area contributed by atoms with Gasteiger partial charge in [-0.3, -0.25) is 9.59 Å². The summed E-state index contributed by atoms with van der Waals surface area (Å²) < 4.78 is 0. The molecule has 2 amide bonds. The van der Waals surface area contributed by atoms with Crippen LogP contribution in [0.1, 0.15) is 27.9 Å². The van der Waals surface area contributed by atoms with Crippen LogP contribution in [-0.4, -0.2) is 29.9 Å². The van der Waals surface area contributed by atoms with Crippen molar-refractivity contribution in [2.45, 2.75) is 25.9 Å². The summed E-state index contributed by atoms with van der Waals surface area (Å²) in [5.74, 6) is 0.237. The number of aryl methyl sites for hydroxylation is 1. The number of thioether (sulfide) groups is 1. The van der Waals surface area contributed by atoms with Crippen molar-refractivity contribution in [3.05, 3.63) is 70.2 Å². The van der Waals surface area contributed by atoms with Gasteiger partial charge in [0.1, 0.15) is 6.04 Å². The number of amides is 2. The fraction of sp³-hybridized carbons (Fsp3) is 0.300. The first kappa shape index (κ1) is 20.3. The quantitative estimate of drug-likeness (QED) is 0.720. The molecule has 1 unspecified atom stereocenters. The van der Waals surface area contributed by atoms with Crippen molar-refractivity contribution in [2.75, 3.05) is 12.0 Å². The van der Waals surface area contributed by atoms with Crippen LogP contribution in [0.15, 0.2) is 48.5 Å². The average Bonchev–Trinajstić information content (AvgIpc) is 2.64. The van der Waals surface area contributed by atoms with Gasteiger partial charge in [0.15, 0.2) is 0 Å². The van der Waals surface area contributed by atoms with Crippen LogP contribution in [0.2, 0.25) is 5.02 Å². The third-order valence-electron chi connectivity index (χ3n) is 4.07. The molecule has 1 atom stereocenters. The highest BCUT2D eigenvalue weighted by Crippen LogP contribution is 2.15. The van der Waals surface area contributed by atoms with Crippen LogP contribution in [0, 0.1) is 6.92 Å². The van der Waals surface area contributed by atoms with E-state index in [0.717, 1.165) is 16.9 Å². The Balaban J connectivity index is 2.03. The van der Waals surface area contributed by atoms with Gasteiger partial charge >= 0.3 is 0 Å². The number of hydrogen-bond donors (Lipinski definition) is 2. The number of benzene rings is 2. The molecule has 0 saturated carbocycles. The van der Waals surface area contributed by atoms with Gasteiger partial charge in [-0.1, -0.05) is 48.0 Å². The van der Waals surface area contributed by atoms with Crippen molar-refractivity contribution in [2.24, 2.45) is 0 Å². The summed E-state index contributed by atoms with van der Waals surface area (Å²) in [5.41, 5.74) is 2.55. The van der Waals surface area contributed by atoms with Gasteiger partial charge in [-0.05, 0) is 48.6 Å². The summed E-state index contributed by atoms with van der Waals surface area (Å²) in [6.07, 6.45) is 2.52. The average molecular weight is 391 g/mol. The molecule has 2 aromatic carbocycles. The fourth-order valence-corrected chi connectivity index (χ4v) is 3.19. The maximum Gasteiger partial charge on any atom is 0.253 e. The van der Waals surface area contributed by atoms with Crippen LogP contribution in [-0.2, 0) is 11.3 Å². The van der Waals surface area contributed by atoms with Gasteiger partial charge < -0.3 is 10.6 Å². The minimum Gasteiger partial charge on any atom is -0.350 e. The van der Waals surface area contributed by atoms with E-state index in [2.05, 4.69) is 10.6 Å². The van der Waals surface area contributed by atoms with Crippen molar-refractivity contribution >= 4 is 35.2 Å². The maximum absolute atomic E-state index is 12.6. The number of nitrogens with one attached hydrogen (secondary N) is 2. The van der Waals surface area contributed by atoms with E-state index in [0.29, 0.717) is 23.6 Å². The van der Waals surface area contributed by atoms with Crippen LogP contribution in [0.3, 0.4) is 0 Å². The summed E-state index contributed by atoms with van der Waals surface area (Å²) in [6, 6.07) is 14.1. The minimum absolute atomic E-state index is 0.192. The molecular formula is C20H23ClN2O2S. The molecule has 0 aliphatic carbocycles. The monoisotopic (exact) mass is 390 g/mol. The first-order valence-electron chi connectivity index (χ1n) is 8.39. The first-order valence-corrected chi connectivity index (χ1v) is 10.2. The second-order valence-corrected chi connectivity index (χ2v) is 7.32. The number of carbonyl (C=O) groups excluding carboxylic acids is 2. The van der Waals surface area contributed by atoms with Gasteiger partial charge in [0, 0.05) is 6.54 Å². The van der Waals surface area contributed by atoms with Gasteiger partial charge in [0.25, 0.3) is 5.91 Å². The van der Waals surface area contributed by atoms with Gasteiger partial charge in [-0.15, -0.1) is 0 Å². The number of hydrogen-bond acceptors (Lipinski definition) is 3. The van der Waals surface area contributed by atoms with E-state index in [1.54, 1.807) is 36.0 Å². The van der Waals surface area contributed by atoms with E-state index in [-0.39, 0.29) is 11.8 Å². The molecule has 2 N–H and O–H groups in total. The van der Waals surface area contributed by atoms with E-state index >= 15 is 0 Å². The molecule has 0 spiro atoms. The number of rotatable bonds is 8. The van der Waals surface area contributed by atoms with Crippen LogP contribution >= 0.6 is 23.4 Å². The lowest BCUT2D eigenvalue weighted by molar-refractivity contribution is -0.123. The summed E-state index contributed by atoms with van der Waals surface area (Å²) in [4.78, 5) is 25.1. The molecule has 6 heteroatoms. The SMILES string of the molecule is CSCCC(NC(=O)c1ccccc1Cl)C(=O)NCc1ccccc1C. The lowest BCUT2D eigenvalue weighted by atomic mass is 10.1. The lowest BCUT2D eigenvalue weighted by Crippen LogP contribution is -2.47. The lowest BCUT2D eigenvalue weighted by Gasteiger charge is -2.19. The summed E-state index contributed by atoms with van der Waals surface area (Å²) in [6.45, 7) is 2.44. The van der Waals surface area contributed by atoms with Crippen molar-refractivity contribution in [3.63, 3.8) is 0 Å². The van der Waals surface area contributed by atoms with Gasteiger partial charge in [-0.25, -0.2) is 0 Å². The van der Waals surface area contributed by atoms with E-state index < -0.39 is 6.04 Å². The fourth-order valence-electron chi connectivity index (χ4n) is 2.50. The normalized spacial score (nSPS) is 11.7. The molecule has 0 bridgehead atoms. The second-order valence-electron chi connectivity index (χ2n) is 5.93. The predicted molar refractivity (Wildman–Crippen MR) is 109 cm³/mol. The second kappa shape index (κ2) is 10.2. The smallest absolute Gasteiger partial charge is 0.253 e. The third-order valence-corrected chi connectivity index (χ3v) is 5.04. The Labute approximate surface area is 163 Å². The summed E-state index contributed by atoms with van der Waals surface area (Å²) in [7, 11) is 0. The molecule has 0 aromatic heterocycles. The molecule has 0 aliphatic rings. The molecule has 0 heterocycles. The summed E-state index contributed by atoms with van der Waals surface area (Å²) >= 11 is 7.71. The zero-order valence-corrected chi connectivity index (χ0v) is 16.5. The predicted octanol–water partition coefficient (Wildman–Crippen LogP) is 3.82. The number of carbonyl (C=O) groups is 2. The molecule has 2 rings (SSSR count). The standard InChI is InChI=1S/C20H23ClN2O2S/c1-14-7-3-4-8-15(14)13-22-20(25)18(11-12-26-2)23-19(24)16-9-5-6-10-17(16)21/h3-10,18H,11-13H2,1-2H3,(H,22,25)(H,23,24). The van der Waals surface area contributed by atoms with E-state index in [1.165, 1.54) is 0 Å². The first-order chi connectivity index (χ1) is 12.5. The largest absolute Gasteiger partial charge is 0.350 e. The van der Waals surface area contributed by atoms with Crippen molar-refractivity contribution < 1.29 is 9.59 Å². The molecule has 0 radical (unpaired) electrons. The highest BCUT2D eigenvalue weighted by Gasteiger charge is 2.22. The molecule has 0 fully saturated rings. The number of halogens is 1. The van der Waals surface area contributed by atoms with Crippen molar-refractivity contribution in [1.82, 2.24) is 10.6 Å². The van der Waals surface area contributed by atoms with Crippen LogP contribution in [0.4, 0.5) is 0 Å². The van der Waals surface area contributed by atoms with E-state index in [4.69, 9.17) is 11.6 Å². The highest BCUT2D eigenvalue weighted by atomic mass is 35.5. The summed E-state index contributed by atoms with van der Waals surface area (Å²) in [5, 5.41) is 6.10. The van der Waals surface area contributed by atoms with E-state index in [1.807, 2.05) is 37.4 Å². The zero-order chi connectivity index (χ0) is 18.9. The van der Waals surface area contributed by atoms with Crippen LogP contribution in [0.25, 0.3) is 0 Å². The zero-order valence-electron chi connectivity index (χ0n) is 14.9. The molecule has 4 nitrogen and oxygen atoms in total. The van der Waals surface area contributed by atoms with Gasteiger partial charge in [0.2, 0.25) is 5.91 Å². The molecular weight excluding hydrogens is 368 g/mol. The minimum atomic E-state index is -0.602. The Kier molecular flexibility index (Phi) is 8.01. The Hall–Kier alpha value is -1.98.